The molecule has 0 spiro atoms. The Morgan fingerprint density at radius 3 is 2.00 bits per heavy atom. The van der Waals surface area contributed by atoms with E-state index >= 15 is 0 Å². The van der Waals surface area contributed by atoms with Crippen molar-refractivity contribution < 1.29 is 8.42 Å². The van der Waals surface area contributed by atoms with Gasteiger partial charge >= 0.3 is 0 Å². The van der Waals surface area contributed by atoms with E-state index in [1.807, 2.05) is 32.9 Å². The summed E-state index contributed by atoms with van der Waals surface area (Å²) in [6, 6.07) is 6.88. The summed E-state index contributed by atoms with van der Waals surface area (Å²) in [5.41, 5.74) is 1.05. The van der Waals surface area contributed by atoms with E-state index < -0.39 is 10.0 Å². The summed E-state index contributed by atoms with van der Waals surface area (Å²) in [6.07, 6.45) is 4.12. The zero-order chi connectivity index (χ0) is 13.3. The van der Waals surface area contributed by atoms with E-state index in [0.717, 1.165) is 5.56 Å². The second-order valence-electron chi connectivity index (χ2n) is 5.06. The fourth-order valence-electron chi connectivity index (χ4n) is 2.25. The van der Waals surface area contributed by atoms with Crippen molar-refractivity contribution in [2.24, 2.45) is 11.8 Å². The van der Waals surface area contributed by atoms with Crippen LogP contribution in [-0.2, 0) is 10.0 Å². The van der Waals surface area contributed by atoms with Crippen molar-refractivity contribution in [3.05, 3.63) is 42.0 Å². The molecule has 0 unspecified atom stereocenters. The van der Waals surface area contributed by atoms with Crippen molar-refractivity contribution in [2.75, 3.05) is 0 Å². The fourth-order valence-corrected chi connectivity index (χ4v) is 3.67. The number of benzene rings is 1. The predicted octanol–water partition coefficient (Wildman–Crippen LogP) is 2.48. The molecule has 0 bridgehead atoms. The van der Waals surface area contributed by atoms with Crippen molar-refractivity contribution >= 4 is 10.0 Å². The molecule has 0 radical (unpaired) electrons. The summed E-state index contributed by atoms with van der Waals surface area (Å²) in [6.45, 7) is 6.00. The Bertz CT molecular complexity index is 534. The average molecular weight is 265 g/mol. The topological polar surface area (TPSA) is 46.2 Å². The van der Waals surface area contributed by atoms with Crippen LogP contribution in [0.1, 0.15) is 19.4 Å². The summed E-state index contributed by atoms with van der Waals surface area (Å²) >= 11 is 0. The van der Waals surface area contributed by atoms with Gasteiger partial charge in [0.2, 0.25) is 10.0 Å². The summed E-state index contributed by atoms with van der Waals surface area (Å²) in [4.78, 5) is 0.333. The van der Waals surface area contributed by atoms with Gasteiger partial charge in [-0.3, -0.25) is 0 Å². The number of hydrogen-bond donors (Lipinski definition) is 1. The van der Waals surface area contributed by atoms with Crippen LogP contribution in [0.4, 0.5) is 0 Å². The average Bonchev–Trinajstić information content (AvgIpc) is 2.61. The van der Waals surface area contributed by atoms with Crippen LogP contribution in [0, 0.1) is 18.8 Å². The number of rotatable bonds is 3. The van der Waals surface area contributed by atoms with Gasteiger partial charge in [0.05, 0.1) is 4.90 Å². The van der Waals surface area contributed by atoms with Crippen LogP contribution in [-0.4, -0.2) is 14.5 Å². The lowest BCUT2D eigenvalue weighted by molar-refractivity contribution is 0.438. The van der Waals surface area contributed by atoms with Gasteiger partial charge in [-0.05, 0) is 30.9 Å². The van der Waals surface area contributed by atoms with E-state index in [1.54, 1.807) is 12.1 Å². The van der Waals surface area contributed by atoms with Crippen LogP contribution in [0.15, 0.2) is 41.3 Å². The molecule has 1 aromatic carbocycles. The van der Waals surface area contributed by atoms with Gasteiger partial charge in [-0.25, -0.2) is 13.1 Å². The lowest BCUT2D eigenvalue weighted by Crippen LogP contribution is -2.40. The normalized spacial score (nSPS) is 24.6. The molecule has 1 aliphatic carbocycles. The van der Waals surface area contributed by atoms with Gasteiger partial charge in [0.1, 0.15) is 0 Å². The van der Waals surface area contributed by atoms with Crippen LogP contribution < -0.4 is 4.72 Å². The number of hydrogen-bond acceptors (Lipinski definition) is 2. The van der Waals surface area contributed by atoms with Crippen molar-refractivity contribution in [1.29, 1.82) is 0 Å². The number of nitrogens with one attached hydrogen (secondary N) is 1. The highest BCUT2D eigenvalue weighted by Gasteiger charge is 2.30. The van der Waals surface area contributed by atoms with Gasteiger partial charge in [0.15, 0.2) is 0 Å². The molecular formula is C14H19NO2S. The molecule has 2 rings (SSSR count). The van der Waals surface area contributed by atoms with Gasteiger partial charge in [0.25, 0.3) is 0 Å². The molecule has 1 aliphatic rings. The maximum Gasteiger partial charge on any atom is 0.240 e. The van der Waals surface area contributed by atoms with E-state index in [-0.39, 0.29) is 17.9 Å². The third-order valence-electron chi connectivity index (χ3n) is 3.47. The monoisotopic (exact) mass is 265 g/mol. The van der Waals surface area contributed by atoms with Crippen LogP contribution in [0.2, 0.25) is 0 Å². The van der Waals surface area contributed by atoms with Gasteiger partial charge in [0, 0.05) is 6.04 Å². The highest BCUT2D eigenvalue weighted by atomic mass is 32.2. The maximum atomic E-state index is 12.3. The van der Waals surface area contributed by atoms with E-state index in [4.69, 9.17) is 0 Å². The van der Waals surface area contributed by atoms with Crippen LogP contribution in [0.3, 0.4) is 0 Å². The number of aryl methyl sites for hydroxylation is 1. The van der Waals surface area contributed by atoms with Crippen molar-refractivity contribution in [3.8, 4) is 0 Å². The lowest BCUT2D eigenvalue weighted by Gasteiger charge is -2.21. The van der Waals surface area contributed by atoms with E-state index in [1.165, 1.54) is 0 Å². The first kappa shape index (κ1) is 13.3. The highest BCUT2D eigenvalue weighted by Crippen LogP contribution is 2.25. The van der Waals surface area contributed by atoms with Crippen LogP contribution >= 0.6 is 0 Å². The first-order chi connectivity index (χ1) is 8.40. The second kappa shape index (κ2) is 4.86. The Balaban J connectivity index is 2.20. The molecule has 98 valence electrons. The van der Waals surface area contributed by atoms with Gasteiger partial charge in [-0.15, -0.1) is 0 Å². The smallest absolute Gasteiger partial charge is 0.207 e. The summed E-state index contributed by atoms with van der Waals surface area (Å²) in [5.74, 6) is 0.473. The standard InChI is InChI=1S/C14H19NO2S/c1-10-4-8-13(9-5-10)18(16,17)15-14-11(2)6-7-12(14)3/h4-9,11-12,14-15H,1-3H3/t11-,12-/m1/s1. The second-order valence-corrected chi connectivity index (χ2v) is 6.78. The Morgan fingerprint density at radius 1 is 1.00 bits per heavy atom. The summed E-state index contributed by atoms with van der Waals surface area (Å²) < 4.78 is 27.3. The molecule has 0 fully saturated rings. The molecule has 0 heterocycles. The SMILES string of the molecule is Cc1ccc(S(=O)(=O)NC2[C@H](C)C=C[C@H]2C)cc1. The van der Waals surface area contributed by atoms with Crippen molar-refractivity contribution in [3.63, 3.8) is 0 Å². The van der Waals surface area contributed by atoms with Gasteiger partial charge in [-0.2, -0.15) is 0 Å². The highest BCUT2D eigenvalue weighted by molar-refractivity contribution is 7.89. The minimum absolute atomic E-state index is 0.0451. The largest absolute Gasteiger partial charge is 0.240 e. The minimum Gasteiger partial charge on any atom is -0.207 e. The molecule has 0 aliphatic heterocycles. The molecule has 1 N–H and O–H groups in total. The third kappa shape index (κ3) is 2.65. The van der Waals surface area contributed by atoms with Gasteiger partial charge in [-0.1, -0.05) is 43.7 Å². The Morgan fingerprint density at radius 2 is 1.50 bits per heavy atom. The predicted molar refractivity (Wildman–Crippen MR) is 72.8 cm³/mol. The quantitative estimate of drug-likeness (QED) is 0.853. The summed E-state index contributed by atoms with van der Waals surface area (Å²) in [5, 5.41) is 0. The number of sulfonamides is 1. The fraction of sp³-hybridized carbons (Fsp3) is 0.429. The molecule has 4 heteroatoms. The molecule has 0 saturated carbocycles. The van der Waals surface area contributed by atoms with E-state index in [0.29, 0.717) is 4.90 Å². The first-order valence-corrected chi connectivity index (χ1v) is 7.66. The minimum atomic E-state index is -3.42. The Kier molecular flexibility index (Phi) is 3.59. The zero-order valence-electron chi connectivity index (χ0n) is 10.9. The van der Waals surface area contributed by atoms with Crippen LogP contribution in [0.25, 0.3) is 0 Å². The first-order valence-electron chi connectivity index (χ1n) is 6.17. The zero-order valence-corrected chi connectivity index (χ0v) is 11.7. The Hall–Kier alpha value is -1.13. The van der Waals surface area contributed by atoms with Gasteiger partial charge < -0.3 is 0 Å². The molecule has 2 atom stereocenters. The molecule has 1 aromatic rings. The summed E-state index contributed by atoms with van der Waals surface area (Å²) in [7, 11) is -3.42. The van der Waals surface area contributed by atoms with E-state index in [9.17, 15) is 8.42 Å². The molecule has 0 saturated heterocycles. The molecule has 0 aromatic heterocycles. The lowest BCUT2D eigenvalue weighted by atomic mass is 10.0. The molecule has 18 heavy (non-hydrogen) atoms. The third-order valence-corrected chi connectivity index (χ3v) is 4.95. The molecule has 3 nitrogen and oxygen atoms in total. The maximum absolute atomic E-state index is 12.3. The van der Waals surface area contributed by atoms with Crippen molar-refractivity contribution in [2.45, 2.75) is 31.7 Å². The molecular weight excluding hydrogens is 246 g/mol. The van der Waals surface area contributed by atoms with Crippen molar-refractivity contribution in [1.82, 2.24) is 4.72 Å². The molecule has 0 amide bonds. The Labute approximate surface area is 109 Å². The van der Waals surface area contributed by atoms with Crippen LogP contribution in [0.5, 0.6) is 0 Å². The van der Waals surface area contributed by atoms with E-state index in [2.05, 4.69) is 16.9 Å².